The fourth-order valence-electron chi connectivity index (χ4n) is 2.17. The van der Waals surface area contributed by atoms with Gasteiger partial charge in [0.15, 0.2) is 0 Å². The summed E-state index contributed by atoms with van der Waals surface area (Å²) >= 11 is 0. The van der Waals surface area contributed by atoms with E-state index in [0.29, 0.717) is 0 Å². The second kappa shape index (κ2) is 5.91. The molecule has 0 heteroatoms. The maximum Gasteiger partial charge on any atom is 0.0248 e. The Labute approximate surface area is 119 Å². The first-order chi connectivity index (χ1) is 9.93. The van der Waals surface area contributed by atoms with Crippen molar-refractivity contribution in [2.45, 2.75) is 0 Å². The zero-order valence-corrected chi connectivity index (χ0v) is 11.1. The van der Waals surface area contributed by atoms with Crippen LogP contribution in [0.4, 0.5) is 0 Å². The van der Waals surface area contributed by atoms with E-state index in [-0.39, 0.29) is 0 Å². The van der Waals surface area contributed by atoms with E-state index in [4.69, 9.17) is 0 Å². The van der Waals surface area contributed by atoms with Gasteiger partial charge in [-0.05, 0) is 40.6 Å². The van der Waals surface area contributed by atoms with Gasteiger partial charge in [-0.25, -0.2) is 0 Å². The molecule has 3 aromatic carbocycles. The van der Waals surface area contributed by atoms with E-state index in [1.807, 2.05) is 36.4 Å². The average molecular weight is 254 g/mol. The second-order valence-corrected chi connectivity index (χ2v) is 4.54. The minimum absolute atomic E-state index is 1.04. The molecule has 0 atom stereocenters. The van der Waals surface area contributed by atoms with Crippen molar-refractivity contribution >= 4 is 16.8 Å². The highest BCUT2D eigenvalue weighted by atomic mass is 14.0. The molecule has 0 N–H and O–H groups in total. The van der Waals surface area contributed by atoms with Crippen LogP contribution in [-0.4, -0.2) is 0 Å². The molecule has 0 amide bonds. The summed E-state index contributed by atoms with van der Waals surface area (Å²) in [6.07, 6.45) is 3.98. The molecule has 3 aromatic rings. The van der Waals surface area contributed by atoms with Crippen molar-refractivity contribution < 1.29 is 0 Å². The maximum absolute atomic E-state index is 3.13. The van der Waals surface area contributed by atoms with Crippen LogP contribution in [-0.2, 0) is 0 Å². The molecule has 0 saturated heterocycles. The zero-order chi connectivity index (χ0) is 13.6. The Morgan fingerprint density at radius 1 is 0.700 bits per heavy atom. The van der Waals surface area contributed by atoms with Gasteiger partial charge in [-0.15, -0.1) is 0 Å². The lowest BCUT2D eigenvalue weighted by Crippen LogP contribution is -1.76. The molecule has 0 heterocycles. The Morgan fingerprint density at radius 3 is 2.35 bits per heavy atom. The molecular formula is C20H14. The largest absolute Gasteiger partial charge is 0.0696 e. The van der Waals surface area contributed by atoms with Crippen molar-refractivity contribution in [3.63, 3.8) is 0 Å². The molecule has 0 bridgehead atoms. The van der Waals surface area contributed by atoms with Gasteiger partial charge >= 0.3 is 0 Å². The highest BCUT2D eigenvalue weighted by Gasteiger charge is 1.95. The maximum atomic E-state index is 3.13. The summed E-state index contributed by atoms with van der Waals surface area (Å²) in [7, 11) is 0. The van der Waals surface area contributed by atoms with Crippen LogP contribution < -0.4 is 0 Å². The molecular weight excluding hydrogens is 240 g/mol. The van der Waals surface area contributed by atoms with Crippen molar-refractivity contribution in [3.8, 4) is 11.8 Å². The molecule has 0 unspecified atom stereocenters. The van der Waals surface area contributed by atoms with Crippen molar-refractivity contribution in [1.29, 1.82) is 0 Å². The van der Waals surface area contributed by atoms with E-state index in [1.165, 1.54) is 16.3 Å². The molecule has 0 aromatic heterocycles. The third-order valence-corrected chi connectivity index (χ3v) is 3.16. The summed E-state index contributed by atoms with van der Waals surface area (Å²) in [5.74, 6) is 6.21. The highest BCUT2D eigenvalue weighted by Crippen LogP contribution is 2.19. The normalized spacial score (nSPS) is 10.4. The van der Waals surface area contributed by atoms with E-state index in [2.05, 4.69) is 60.4 Å². The predicted octanol–water partition coefficient (Wildman–Crippen LogP) is 4.90. The van der Waals surface area contributed by atoms with Gasteiger partial charge < -0.3 is 0 Å². The van der Waals surface area contributed by atoms with Crippen molar-refractivity contribution in [1.82, 2.24) is 0 Å². The average Bonchev–Trinajstić information content (AvgIpc) is 2.53. The molecule has 0 aliphatic heterocycles. The van der Waals surface area contributed by atoms with Crippen LogP contribution in [0.1, 0.15) is 11.1 Å². The van der Waals surface area contributed by atoms with Gasteiger partial charge in [0.2, 0.25) is 0 Å². The molecule has 0 aliphatic carbocycles. The van der Waals surface area contributed by atoms with Crippen LogP contribution in [0.15, 0.2) is 78.9 Å². The lowest BCUT2D eigenvalue weighted by atomic mass is 10.0. The number of hydrogen-bond donors (Lipinski definition) is 0. The van der Waals surface area contributed by atoms with Crippen LogP contribution in [0.5, 0.6) is 0 Å². The number of rotatable bonds is 1. The third kappa shape index (κ3) is 2.79. The van der Waals surface area contributed by atoms with Crippen molar-refractivity contribution in [2.24, 2.45) is 0 Å². The number of fused-ring (bicyclic) bond motifs is 1. The van der Waals surface area contributed by atoms with Gasteiger partial charge in [0.25, 0.3) is 0 Å². The minimum Gasteiger partial charge on any atom is -0.0696 e. The monoisotopic (exact) mass is 254 g/mol. The number of allylic oxidation sites excluding steroid dienone is 1. The lowest BCUT2D eigenvalue weighted by Gasteiger charge is -2.00. The molecule has 3 rings (SSSR count). The van der Waals surface area contributed by atoms with E-state index in [9.17, 15) is 0 Å². The molecule has 0 radical (unpaired) electrons. The topological polar surface area (TPSA) is 0 Å². The van der Waals surface area contributed by atoms with Gasteiger partial charge in [-0.3, -0.25) is 0 Å². The van der Waals surface area contributed by atoms with Crippen LogP contribution >= 0.6 is 0 Å². The van der Waals surface area contributed by atoms with E-state index >= 15 is 0 Å². The molecule has 0 spiro atoms. The van der Waals surface area contributed by atoms with E-state index in [1.54, 1.807) is 0 Å². The first kappa shape index (κ1) is 12.3. The van der Waals surface area contributed by atoms with Crippen molar-refractivity contribution in [3.05, 3.63) is 90.0 Å². The van der Waals surface area contributed by atoms with E-state index in [0.717, 1.165) is 5.56 Å². The number of hydrogen-bond acceptors (Lipinski definition) is 0. The molecule has 20 heavy (non-hydrogen) atoms. The van der Waals surface area contributed by atoms with Crippen LogP contribution in [0.2, 0.25) is 0 Å². The fraction of sp³-hybridized carbons (Fsp3) is 0. The SMILES string of the molecule is C(#Cc1ccccc1)C=Cc1cccc2ccccc12. The van der Waals surface area contributed by atoms with Crippen LogP contribution in [0.25, 0.3) is 16.8 Å². The van der Waals surface area contributed by atoms with Gasteiger partial charge in [-0.1, -0.05) is 72.5 Å². The Balaban J connectivity index is 1.87. The highest BCUT2D eigenvalue weighted by molar-refractivity contribution is 5.90. The summed E-state index contributed by atoms with van der Waals surface area (Å²) in [5.41, 5.74) is 2.24. The van der Waals surface area contributed by atoms with Crippen molar-refractivity contribution in [2.75, 3.05) is 0 Å². The fourth-order valence-corrected chi connectivity index (χ4v) is 2.17. The Morgan fingerprint density at radius 2 is 1.45 bits per heavy atom. The lowest BCUT2D eigenvalue weighted by molar-refractivity contribution is 1.65. The summed E-state index contributed by atoms with van der Waals surface area (Å²) in [5, 5.41) is 2.51. The third-order valence-electron chi connectivity index (χ3n) is 3.16. The standard InChI is InChI=1S/C20H14/c1-2-9-17(10-3-1)11-4-5-12-18-14-8-15-19-13-6-7-16-20(18)19/h1-3,5-10,12-16H. The summed E-state index contributed by atoms with van der Waals surface area (Å²) in [6.45, 7) is 0. The number of benzene rings is 3. The quantitative estimate of drug-likeness (QED) is 0.541. The van der Waals surface area contributed by atoms with Crippen LogP contribution in [0, 0.1) is 11.8 Å². The molecule has 0 fully saturated rings. The summed E-state index contributed by atoms with van der Waals surface area (Å²) in [6, 6.07) is 24.7. The molecule has 0 saturated carbocycles. The minimum atomic E-state index is 1.04. The molecule has 0 nitrogen and oxygen atoms in total. The first-order valence-electron chi connectivity index (χ1n) is 6.64. The Hall–Kier alpha value is -2.78. The van der Waals surface area contributed by atoms with Gasteiger partial charge in [0.1, 0.15) is 0 Å². The summed E-state index contributed by atoms with van der Waals surface area (Å²) in [4.78, 5) is 0. The van der Waals surface area contributed by atoms with Gasteiger partial charge in [0, 0.05) is 5.56 Å². The Bertz CT molecular complexity index is 794. The predicted molar refractivity (Wildman–Crippen MR) is 86.3 cm³/mol. The molecule has 94 valence electrons. The summed E-state index contributed by atoms with van der Waals surface area (Å²) < 4.78 is 0. The zero-order valence-electron chi connectivity index (χ0n) is 11.1. The Kier molecular flexibility index (Phi) is 3.62. The molecule has 0 aliphatic rings. The smallest absolute Gasteiger partial charge is 0.0248 e. The first-order valence-corrected chi connectivity index (χ1v) is 6.64. The second-order valence-electron chi connectivity index (χ2n) is 4.54. The van der Waals surface area contributed by atoms with Crippen LogP contribution in [0.3, 0.4) is 0 Å². The van der Waals surface area contributed by atoms with Gasteiger partial charge in [-0.2, -0.15) is 0 Å². The van der Waals surface area contributed by atoms with Gasteiger partial charge in [0.05, 0.1) is 0 Å². The van der Waals surface area contributed by atoms with E-state index < -0.39 is 0 Å².